The number of ether oxygens (including phenoxy) is 1. The van der Waals surface area contributed by atoms with Crippen LogP contribution in [0.1, 0.15) is 10.5 Å². The van der Waals surface area contributed by atoms with Gasteiger partial charge in [0, 0.05) is 31.2 Å². The molecule has 0 atom stereocenters. The van der Waals surface area contributed by atoms with Crippen molar-refractivity contribution < 1.29 is 9.53 Å². The minimum atomic E-state index is -0.340. The Hall–Kier alpha value is -4.07. The maximum Gasteiger partial charge on any atom is 0.274 e. The first-order valence-electron chi connectivity index (χ1n) is 8.87. The van der Waals surface area contributed by atoms with Gasteiger partial charge in [-0.25, -0.2) is 4.98 Å². The zero-order valence-electron chi connectivity index (χ0n) is 15.9. The molecule has 8 heteroatoms. The average molecular weight is 386 g/mol. The largest absolute Gasteiger partial charge is 0.495 e. The number of anilines is 1. The number of hydrogen-bond donors (Lipinski definition) is 1. The third-order valence-corrected chi connectivity index (χ3v) is 4.21. The van der Waals surface area contributed by atoms with Gasteiger partial charge in [0.2, 0.25) is 0 Å². The number of aromatic nitrogens is 5. The van der Waals surface area contributed by atoms with Crippen LogP contribution in [0.15, 0.2) is 67.3 Å². The summed E-state index contributed by atoms with van der Waals surface area (Å²) in [4.78, 5) is 25.8. The number of amides is 1. The van der Waals surface area contributed by atoms with Crippen molar-refractivity contribution in [2.45, 2.75) is 0 Å². The molecule has 0 aromatic carbocycles. The maximum absolute atomic E-state index is 12.8. The van der Waals surface area contributed by atoms with E-state index in [1.54, 1.807) is 55.8 Å². The van der Waals surface area contributed by atoms with Crippen molar-refractivity contribution in [2.24, 2.45) is 7.05 Å². The highest BCUT2D eigenvalue weighted by molar-refractivity contribution is 6.04. The van der Waals surface area contributed by atoms with Crippen LogP contribution in [0.25, 0.3) is 22.6 Å². The Bertz CT molecular complexity index is 1160. The van der Waals surface area contributed by atoms with Crippen LogP contribution in [0.2, 0.25) is 0 Å². The first-order valence-corrected chi connectivity index (χ1v) is 8.87. The summed E-state index contributed by atoms with van der Waals surface area (Å²) in [5, 5.41) is 7.29. The summed E-state index contributed by atoms with van der Waals surface area (Å²) in [7, 11) is 3.36. The van der Waals surface area contributed by atoms with E-state index in [4.69, 9.17) is 4.74 Å². The molecule has 8 nitrogen and oxygen atoms in total. The summed E-state index contributed by atoms with van der Waals surface area (Å²) >= 11 is 0. The Morgan fingerprint density at radius 2 is 1.97 bits per heavy atom. The average Bonchev–Trinajstić information content (AvgIpc) is 3.14. The number of rotatable bonds is 5. The molecule has 0 unspecified atom stereocenters. The first-order chi connectivity index (χ1) is 14.1. The molecule has 0 aliphatic rings. The minimum absolute atomic E-state index is 0.279. The molecule has 0 aliphatic heterocycles. The van der Waals surface area contributed by atoms with E-state index in [9.17, 15) is 4.79 Å². The fourth-order valence-corrected chi connectivity index (χ4v) is 2.85. The minimum Gasteiger partial charge on any atom is -0.495 e. The highest BCUT2D eigenvalue weighted by Gasteiger charge is 2.16. The van der Waals surface area contributed by atoms with Crippen molar-refractivity contribution in [3.05, 3.63) is 72.9 Å². The van der Waals surface area contributed by atoms with Gasteiger partial charge in [-0.15, -0.1) is 0 Å². The van der Waals surface area contributed by atoms with Crippen LogP contribution in [0.4, 0.5) is 5.69 Å². The van der Waals surface area contributed by atoms with Crippen LogP contribution >= 0.6 is 0 Å². The number of methoxy groups -OCH3 is 1. The van der Waals surface area contributed by atoms with Gasteiger partial charge in [0.1, 0.15) is 17.1 Å². The van der Waals surface area contributed by atoms with E-state index in [0.717, 1.165) is 5.56 Å². The van der Waals surface area contributed by atoms with Gasteiger partial charge in [-0.2, -0.15) is 5.10 Å². The molecule has 4 aromatic heterocycles. The molecule has 0 saturated heterocycles. The lowest BCUT2D eigenvalue weighted by Crippen LogP contribution is -2.14. The second-order valence-corrected chi connectivity index (χ2v) is 6.26. The van der Waals surface area contributed by atoms with Crippen molar-refractivity contribution >= 4 is 11.6 Å². The smallest absolute Gasteiger partial charge is 0.274 e. The highest BCUT2D eigenvalue weighted by Crippen LogP contribution is 2.25. The third-order valence-electron chi connectivity index (χ3n) is 4.21. The number of aryl methyl sites for hydroxylation is 1. The van der Waals surface area contributed by atoms with Crippen LogP contribution in [0, 0.1) is 0 Å². The molecule has 0 spiro atoms. The van der Waals surface area contributed by atoms with Gasteiger partial charge in [0.15, 0.2) is 0 Å². The van der Waals surface area contributed by atoms with Crippen molar-refractivity contribution in [3.63, 3.8) is 0 Å². The fraction of sp³-hybridized carbons (Fsp3) is 0.0952. The number of nitrogens with one attached hydrogen (secondary N) is 1. The molecule has 0 aliphatic carbocycles. The molecule has 0 fully saturated rings. The quantitative estimate of drug-likeness (QED) is 0.566. The molecule has 0 saturated carbocycles. The molecule has 144 valence electrons. The molecular formula is C21H18N6O2. The predicted molar refractivity (Wildman–Crippen MR) is 108 cm³/mol. The Labute approximate surface area is 167 Å². The molecule has 4 aromatic rings. The number of carbonyl (C=O) groups is 1. The molecular weight excluding hydrogens is 368 g/mol. The molecule has 4 heterocycles. The Morgan fingerprint density at radius 3 is 2.76 bits per heavy atom. The van der Waals surface area contributed by atoms with Crippen LogP contribution in [-0.2, 0) is 7.05 Å². The third kappa shape index (κ3) is 3.96. The van der Waals surface area contributed by atoms with Crippen molar-refractivity contribution in [3.8, 4) is 28.4 Å². The van der Waals surface area contributed by atoms with E-state index >= 15 is 0 Å². The zero-order valence-corrected chi connectivity index (χ0v) is 15.9. The van der Waals surface area contributed by atoms with E-state index in [1.807, 2.05) is 30.3 Å². The number of pyridine rings is 3. The van der Waals surface area contributed by atoms with Gasteiger partial charge in [-0.05, 0) is 30.3 Å². The predicted octanol–water partition coefficient (Wildman–Crippen LogP) is 3.20. The van der Waals surface area contributed by atoms with Gasteiger partial charge in [-0.3, -0.25) is 19.4 Å². The second kappa shape index (κ2) is 7.89. The van der Waals surface area contributed by atoms with E-state index in [0.29, 0.717) is 28.5 Å². The van der Waals surface area contributed by atoms with Crippen molar-refractivity contribution in [2.75, 3.05) is 12.4 Å². The highest BCUT2D eigenvalue weighted by atomic mass is 16.5. The summed E-state index contributed by atoms with van der Waals surface area (Å²) in [6.45, 7) is 0. The normalized spacial score (nSPS) is 10.6. The van der Waals surface area contributed by atoms with Gasteiger partial charge >= 0.3 is 0 Å². The molecule has 4 rings (SSSR count). The monoisotopic (exact) mass is 386 g/mol. The van der Waals surface area contributed by atoms with Crippen LogP contribution in [0.3, 0.4) is 0 Å². The molecule has 1 amide bonds. The summed E-state index contributed by atoms with van der Waals surface area (Å²) in [6.07, 6.45) is 6.70. The SMILES string of the molecule is COc1cncc(-c2cccc(C(=O)Nc3cn(C)nc3-c3ccccn3)n2)c1. The Morgan fingerprint density at radius 1 is 1.10 bits per heavy atom. The summed E-state index contributed by atoms with van der Waals surface area (Å²) in [5.41, 5.74) is 3.49. The lowest BCUT2D eigenvalue weighted by Gasteiger charge is -2.07. The van der Waals surface area contributed by atoms with Gasteiger partial charge < -0.3 is 10.1 Å². The fourth-order valence-electron chi connectivity index (χ4n) is 2.85. The van der Waals surface area contributed by atoms with Crippen LogP contribution in [0.5, 0.6) is 5.75 Å². The van der Waals surface area contributed by atoms with Gasteiger partial charge in [0.05, 0.1) is 30.4 Å². The summed E-state index contributed by atoms with van der Waals surface area (Å²) in [5.74, 6) is 0.280. The summed E-state index contributed by atoms with van der Waals surface area (Å²) in [6, 6.07) is 12.6. The van der Waals surface area contributed by atoms with Gasteiger partial charge in [-0.1, -0.05) is 12.1 Å². The number of nitrogens with zero attached hydrogens (tertiary/aromatic N) is 5. The second-order valence-electron chi connectivity index (χ2n) is 6.26. The lowest BCUT2D eigenvalue weighted by molar-refractivity contribution is 0.102. The van der Waals surface area contributed by atoms with Crippen molar-refractivity contribution in [1.29, 1.82) is 0 Å². The van der Waals surface area contributed by atoms with E-state index in [1.165, 1.54) is 0 Å². The first kappa shape index (κ1) is 18.3. The topological polar surface area (TPSA) is 94.8 Å². The van der Waals surface area contributed by atoms with Gasteiger partial charge in [0.25, 0.3) is 5.91 Å². The molecule has 0 bridgehead atoms. The van der Waals surface area contributed by atoms with E-state index < -0.39 is 0 Å². The van der Waals surface area contributed by atoms with E-state index in [2.05, 4.69) is 25.4 Å². The summed E-state index contributed by atoms with van der Waals surface area (Å²) < 4.78 is 6.84. The number of hydrogen-bond acceptors (Lipinski definition) is 6. The van der Waals surface area contributed by atoms with Crippen LogP contribution in [-0.4, -0.2) is 37.7 Å². The molecule has 29 heavy (non-hydrogen) atoms. The molecule has 0 radical (unpaired) electrons. The lowest BCUT2D eigenvalue weighted by atomic mass is 10.1. The van der Waals surface area contributed by atoms with Crippen molar-refractivity contribution in [1.82, 2.24) is 24.7 Å². The van der Waals surface area contributed by atoms with E-state index in [-0.39, 0.29) is 11.6 Å². The number of carbonyl (C=O) groups excluding carboxylic acids is 1. The standard InChI is InChI=1S/C21H18N6O2/c1-27-13-19(20(26-27)17-6-3-4-9-23-17)25-21(28)18-8-5-7-16(24-18)14-10-15(29-2)12-22-11-14/h3-13H,1-2H3,(H,25,28). The Balaban J connectivity index is 1.62. The zero-order chi connectivity index (χ0) is 20.2. The Kier molecular flexibility index (Phi) is 4.98. The molecule has 1 N–H and O–H groups in total. The van der Waals surface area contributed by atoms with Crippen LogP contribution < -0.4 is 10.1 Å². The maximum atomic E-state index is 12.8.